The number of thioether (sulfide) groups is 1. The van der Waals surface area contributed by atoms with E-state index in [1.165, 1.54) is 13.3 Å². The summed E-state index contributed by atoms with van der Waals surface area (Å²) in [6.07, 6.45) is 1.80. The number of amides is 1. The summed E-state index contributed by atoms with van der Waals surface area (Å²) in [5.74, 6) is -1.30. The zero-order valence-electron chi connectivity index (χ0n) is 16.3. The largest absolute Gasteiger partial charge is 0.465 e. The van der Waals surface area contributed by atoms with E-state index in [-0.39, 0.29) is 29.1 Å². The molecule has 10 heteroatoms. The Kier molecular flexibility index (Phi) is 7.96. The maximum Gasteiger partial charge on any atom is 0.343 e. The Morgan fingerprint density at radius 2 is 1.86 bits per heavy atom. The number of nitrogens with zero attached hydrogens (tertiary/aromatic N) is 2. The highest BCUT2D eigenvalue weighted by atomic mass is 32.2. The van der Waals surface area contributed by atoms with Gasteiger partial charge in [-0.2, -0.15) is 0 Å². The second-order valence-electron chi connectivity index (χ2n) is 5.74. The minimum Gasteiger partial charge on any atom is -0.465 e. The molecule has 1 aromatic heterocycles. The van der Waals surface area contributed by atoms with Gasteiger partial charge in [0, 0.05) is 11.9 Å². The van der Waals surface area contributed by atoms with Gasteiger partial charge in [-0.25, -0.2) is 19.6 Å². The predicted molar refractivity (Wildman–Crippen MR) is 109 cm³/mol. The number of ether oxygens (including phenoxy) is 2. The lowest BCUT2D eigenvalue weighted by molar-refractivity contribution is -0.115. The molecule has 0 unspecified atom stereocenters. The van der Waals surface area contributed by atoms with E-state index in [2.05, 4.69) is 20.0 Å². The van der Waals surface area contributed by atoms with E-state index in [1.54, 1.807) is 31.2 Å². The fourth-order valence-electron chi connectivity index (χ4n) is 2.28. The molecule has 1 atom stereocenters. The lowest BCUT2D eigenvalue weighted by atomic mass is 10.2. The van der Waals surface area contributed by atoms with Crippen LogP contribution in [0.5, 0.6) is 0 Å². The van der Waals surface area contributed by atoms with E-state index in [4.69, 9.17) is 10.5 Å². The van der Waals surface area contributed by atoms with E-state index < -0.39 is 17.2 Å². The molecular weight excluding hydrogens is 396 g/mol. The van der Waals surface area contributed by atoms with Crippen LogP contribution in [0.4, 0.5) is 11.5 Å². The Hall–Kier alpha value is -3.14. The van der Waals surface area contributed by atoms with Crippen molar-refractivity contribution < 1.29 is 23.9 Å². The number of carbonyl (C=O) groups is 3. The Labute approximate surface area is 172 Å². The number of aromatic nitrogens is 2. The molecule has 0 saturated heterocycles. The molecule has 1 heterocycles. The quantitative estimate of drug-likeness (QED) is 0.377. The predicted octanol–water partition coefficient (Wildman–Crippen LogP) is 2.53. The van der Waals surface area contributed by atoms with Crippen molar-refractivity contribution >= 4 is 41.1 Å². The number of carbonyl (C=O) groups excluding carboxylic acids is 3. The number of methoxy groups -OCH3 is 1. The van der Waals surface area contributed by atoms with E-state index in [0.717, 1.165) is 11.8 Å². The average Bonchev–Trinajstić information content (AvgIpc) is 2.72. The summed E-state index contributed by atoms with van der Waals surface area (Å²) < 4.78 is 9.53. The highest BCUT2D eigenvalue weighted by Crippen LogP contribution is 2.25. The summed E-state index contributed by atoms with van der Waals surface area (Å²) in [6, 6.07) is 6.36. The lowest BCUT2D eigenvalue weighted by Gasteiger charge is -2.14. The summed E-state index contributed by atoms with van der Waals surface area (Å²) in [4.78, 5) is 44.0. The van der Waals surface area contributed by atoms with Gasteiger partial charge in [-0.1, -0.05) is 18.7 Å². The van der Waals surface area contributed by atoms with Crippen LogP contribution in [0.15, 0.2) is 35.6 Å². The van der Waals surface area contributed by atoms with Crippen LogP contribution >= 0.6 is 11.8 Å². The minimum atomic E-state index is -0.596. The standard InChI is InChI=1S/C19H22N4O5S/c1-4-14(16(24)22-12-8-6-11(7-9-12)17(25)27-3)29-19-21-10-13(15(20)23-19)18(26)28-5-2/h6-10,14H,4-5H2,1-3H3,(H,22,24)(H2,20,21,23)/t14-/m1/s1. The maximum absolute atomic E-state index is 12.6. The highest BCUT2D eigenvalue weighted by Gasteiger charge is 2.21. The summed E-state index contributed by atoms with van der Waals surface area (Å²) >= 11 is 1.14. The molecule has 2 aromatic rings. The first kappa shape index (κ1) is 22.2. The van der Waals surface area contributed by atoms with E-state index in [9.17, 15) is 14.4 Å². The molecule has 2 rings (SSSR count). The molecule has 1 aromatic carbocycles. The molecule has 29 heavy (non-hydrogen) atoms. The molecule has 0 bridgehead atoms. The number of hydrogen-bond acceptors (Lipinski definition) is 9. The Bertz CT molecular complexity index is 889. The smallest absolute Gasteiger partial charge is 0.343 e. The van der Waals surface area contributed by atoms with Crippen molar-refractivity contribution in [1.29, 1.82) is 0 Å². The number of anilines is 2. The van der Waals surface area contributed by atoms with Crippen molar-refractivity contribution in [3.63, 3.8) is 0 Å². The summed E-state index contributed by atoms with van der Waals surface area (Å²) in [6.45, 7) is 3.76. The summed E-state index contributed by atoms with van der Waals surface area (Å²) in [5, 5.41) is 2.58. The Morgan fingerprint density at radius 1 is 1.17 bits per heavy atom. The van der Waals surface area contributed by atoms with Crippen LogP contribution in [0, 0.1) is 0 Å². The zero-order valence-corrected chi connectivity index (χ0v) is 17.1. The van der Waals surface area contributed by atoms with Crippen LogP contribution in [0.3, 0.4) is 0 Å². The van der Waals surface area contributed by atoms with Gasteiger partial charge in [0.05, 0.1) is 24.5 Å². The van der Waals surface area contributed by atoms with Crippen LogP contribution in [-0.2, 0) is 14.3 Å². The molecule has 0 radical (unpaired) electrons. The molecule has 0 aliphatic carbocycles. The fraction of sp³-hybridized carbons (Fsp3) is 0.316. The molecule has 0 saturated carbocycles. The van der Waals surface area contributed by atoms with Gasteiger partial charge in [0.15, 0.2) is 5.16 Å². The summed E-state index contributed by atoms with van der Waals surface area (Å²) in [5.41, 5.74) is 6.83. The van der Waals surface area contributed by atoms with Crippen molar-refractivity contribution in [2.45, 2.75) is 30.7 Å². The number of hydrogen-bond donors (Lipinski definition) is 2. The molecule has 0 fully saturated rings. The van der Waals surface area contributed by atoms with Gasteiger partial charge in [0.1, 0.15) is 11.4 Å². The zero-order chi connectivity index (χ0) is 21.4. The van der Waals surface area contributed by atoms with Gasteiger partial charge in [0.2, 0.25) is 5.91 Å². The number of benzene rings is 1. The molecule has 9 nitrogen and oxygen atoms in total. The number of nitrogens with two attached hydrogens (primary N) is 1. The lowest BCUT2D eigenvalue weighted by Crippen LogP contribution is -2.25. The molecule has 1 amide bonds. The van der Waals surface area contributed by atoms with E-state index >= 15 is 0 Å². The normalized spacial score (nSPS) is 11.4. The van der Waals surface area contributed by atoms with Crippen LogP contribution in [-0.4, -0.2) is 46.8 Å². The Morgan fingerprint density at radius 3 is 2.41 bits per heavy atom. The third-order valence-electron chi connectivity index (χ3n) is 3.78. The number of nitrogens with one attached hydrogen (secondary N) is 1. The van der Waals surface area contributed by atoms with Gasteiger partial charge >= 0.3 is 11.9 Å². The monoisotopic (exact) mass is 418 g/mol. The number of rotatable bonds is 8. The SMILES string of the molecule is CCOC(=O)c1cnc(S[C@H](CC)C(=O)Nc2ccc(C(=O)OC)cc2)nc1N. The first-order valence-electron chi connectivity index (χ1n) is 8.85. The van der Waals surface area contributed by atoms with Crippen molar-refractivity contribution in [3.05, 3.63) is 41.6 Å². The molecule has 3 N–H and O–H groups in total. The van der Waals surface area contributed by atoms with Gasteiger partial charge in [-0.3, -0.25) is 4.79 Å². The van der Waals surface area contributed by atoms with E-state index in [0.29, 0.717) is 17.7 Å². The van der Waals surface area contributed by atoms with Gasteiger partial charge in [0.25, 0.3) is 0 Å². The molecule has 0 aliphatic rings. The van der Waals surface area contributed by atoms with Crippen molar-refractivity contribution in [3.8, 4) is 0 Å². The van der Waals surface area contributed by atoms with Crippen LogP contribution in [0.25, 0.3) is 0 Å². The van der Waals surface area contributed by atoms with Gasteiger partial charge in [-0.05, 0) is 37.6 Å². The second kappa shape index (κ2) is 10.4. The molecule has 0 spiro atoms. The van der Waals surface area contributed by atoms with Gasteiger partial charge in [-0.15, -0.1) is 0 Å². The van der Waals surface area contributed by atoms with Crippen molar-refractivity contribution in [2.75, 3.05) is 24.8 Å². The van der Waals surface area contributed by atoms with E-state index in [1.807, 2.05) is 6.92 Å². The first-order valence-corrected chi connectivity index (χ1v) is 9.73. The van der Waals surface area contributed by atoms with Crippen molar-refractivity contribution in [2.24, 2.45) is 0 Å². The molecule has 0 aliphatic heterocycles. The number of nitrogen functional groups attached to an aromatic ring is 1. The van der Waals surface area contributed by atoms with Gasteiger partial charge < -0.3 is 20.5 Å². The Balaban J connectivity index is 2.05. The third kappa shape index (κ3) is 5.92. The minimum absolute atomic E-state index is 0.00499. The molecule has 154 valence electrons. The van der Waals surface area contributed by atoms with Crippen LogP contribution in [0.1, 0.15) is 41.0 Å². The van der Waals surface area contributed by atoms with Crippen molar-refractivity contribution in [1.82, 2.24) is 9.97 Å². The topological polar surface area (TPSA) is 134 Å². The highest BCUT2D eigenvalue weighted by molar-refractivity contribution is 8.00. The number of esters is 2. The average molecular weight is 418 g/mol. The van der Waals surface area contributed by atoms with Crippen LogP contribution < -0.4 is 11.1 Å². The third-order valence-corrected chi connectivity index (χ3v) is 5.02. The first-order chi connectivity index (χ1) is 13.9. The maximum atomic E-state index is 12.6. The fourth-order valence-corrected chi connectivity index (χ4v) is 3.13. The second-order valence-corrected chi connectivity index (χ2v) is 6.91. The molecular formula is C19H22N4O5S. The van der Waals surface area contributed by atoms with Crippen LogP contribution in [0.2, 0.25) is 0 Å². The summed E-state index contributed by atoms with van der Waals surface area (Å²) in [7, 11) is 1.30.